The van der Waals surface area contributed by atoms with Gasteiger partial charge in [-0.1, -0.05) is 24.3 Å². The number of nitriles is 1. The van der Waals surface area contributed by atoms with E-state index in [1.165, 1.54) is 11.1 Å². The van der Waals surface area contributed by atoms with Crippen LogP contribution in [0.5, 0.6) is 0 Å². The van der Waals surface area contributed by atoms with Crippen molar-refractivity contribution in [2.75, 3.05) is 6.54 Å². The highest BCUT2D eigenvalue weighted by molar-refractivity contribution is 5.86. The van der Waals surface area contributed by atoms with Crippen LogP contribution >= 0.6 is 0 Å². The minimum absolute atomic E-state index is 0. The van der Waals surface area contributed by atoms with Gasteiger partial charge in [0.25, 0.3) is 0 Å². The molecule has 1 aliphatic heterocycles. The zero-order valence-corrected chi connectivity index (χ0v) is 18.9. The summed E-state index contributed by atoms with van der Waals surface area (Å²) in [6, 6.07) is 10.1. The number of alkyl halides is 1. The summed E-state index contributed by atoms with van der Waals surface area (Å²) in [6.07, 6.45) is 2.26. The van der Waals surface area contributed by atoms with Gasteiger partial charge < -0.3 is 10.1 Å². The fourth-order valence-corrected chi connectivity index (χ4v) is 3.57. The van der Waals surface area contributed by atoms with Crippen molar-refractivity contribution in [1.82, 2.24) is 15.2 Å². The Morgan fingerprint density at radius 1 is 1.33 bits per heavy atom. The quantitative estimate of drug-likeness (QED) is 0.709. The summed E-state index contributed by atoms with van der Waals surface area (Å²) >= 11 is 0. The van der Waals surface area contributed by atoms with Gasteiger partial charge in [-0.15, -0.1) is 0 Å². The number of amides is 2. The van der Waals surface area contributed by atoms with Crippen LogP contribution in [0.2, 0.25) is 0 Å². The molecule has 178 valence electrons. The van der Waals surface area contributed by atoms with Crippen molar-refractivity contribution in [2.45, 2.75) is 58.5 Å². The Balaban J connectivity index is 0.00000289. The maximum Gasteiger partial charge on any atom is 0.410 e. The molecule has 1 fully saturated rings. The van der Waals surface area contributed by atoms with Gasteiger partial charge in [0.1, 0.15) is 24.4 Å². The van der Waals surface area contributed by atoms with Crippen LogP contribution in [0.15, 0.2) is 36.5 Å². The SMILES string of the molecule is CC(C)(C)OC(=O)N1CCC[C@H]1C(=O)NCc1cc(-c2ccc(CF)cc2)c(C#N)cn1.F.[HH]. The number of benzene rings is 1. The summed E-state index contributed by atoms with van der Waals surface area (Å²) in [5.74, 6) is -0.270. The third kappa shape index (κ3) is 6.48. The molecule has 33 heavy (non-hydrogen) atoms. The van der Waals surface area contributed by atoms with Gasteiger partial charge in [-0.2, -0.15) is 5.26 Å². The Labute approximate surface area is 193 Å². The van der Waals surface area contributed by atoms with Crippen molar-refractivity contribution >= 4 is 12.0 Å². The average Bonchev–Trinajstić information content (AvgIpc) is 3.26. The molecule has 1 N–H and O–H groups in total. The number of hydrogen-bond acceptors (Lipinski definition) is 5. The lowest BCUT2D eigenvalue weighted by molar-refractivity contribution is -0.125. The zero-order chi connectivity index (χ0) is 23.3. The van der Waals surface area contributed by atoms with E-state index >= 15 is 0 Å². The van der Waals surface area contributed by atoms with Crippen LogP contribution in [-0.2, 0) is 22.8 Å². The Morgan fingerprint density at radius 2 is 2.03 bits per heavy atom. The molecular formula is C24H30F2N4O3. The molecule has 2 aromatic rings. The molecule has 0 bridgehead atoms. The first-order chi connectivity index (χ1) is 15.2. The number of nitrogens with zero attached hydrogens (tertiary/aromatic N) is 3. The fraction of sp³-hybridized carbons (Fsp3) is 0.417. The second kappa shape index (κ2) is 10.9. The second-order valence-corrected chi connectivity index (χ2v) is 8.71. The molecular weight excluding hydrogens is 430 g/mol. The normalized spacial score (nSPS) is 15.4. The highest BCUT2D eigenvalue weighted by atomic mass is 19.1. The summed E-state index contributed by atoms with van der Waals surface area (Å²) in [6.45, 7) is 5.43. The van der Waals surface area contributed by atoms with E-state index in [1.807, 2.05) is 0 Å². The number of hydrogen-bond donors (Lipinski definition) is 1. The minimum Gasteiger partial charge on any atom is -0.444 e. The van der Waals surface area contributed by atoms with Crippen molar-refractivity contribution < 1.29 is 24.8 Å². The van der Waals surface area contributed by atoms with Crippen molar-refractivity contribution in [1.29, 1.82) is 5.26 Å². The molecule has 1 aliphatic rings. The predicted octanol–water partition coefficient (Wildman–Crippen LogP) is 4.50. The maximum atomic E-state index is 12.8. The number of pyridine rings is 1. The topological polar surface area (TPSA) is 95.3 Å². The third-order valence-corrected chi connectivity index (χ3v) is 5.13. The number of ether oxygens (including phenoxy) is 1. The molecule has 7 nitrogen and oxygen atoms in total. The summed E-state index contributed by atoms with van der Waals surface area (Å²) in [7, 11) is 0. The van der Waals surface area contributed by atoms with Crippen molar-refractivity contribution in [3.8, 4) is 17.2 Å². The number of rotatable bonds is 5. The lowest BCUT2D eigenvalue weighted by Crippen LogP contribution is -2.47. The van der Waals surface area contributed by atoms with Crippen molar-refractivity contribution in [2.24, 2.45) is 0 Å². The number of halogens is 2. The van der Waals surface area contributed by atoms with E-state index in [0.29, 0.717) is 35.3 Å². The van der Waals surface area contributed by atoms with Gasteiger partial charge in [-0.3, -0.25) is 19.4 Å². The monoisotopic (exact) mass is 460 g/mol. The third-order valence-electron chi connectivity index (χ3n) is 5.13. The first-order valence-electron chi connectivity index (χ1n) is 10.5. The Morgan fingerprint density at radius 3 is 2.64 bits per heavy atom. The average molecular weight is 461 g/mol. The Hall–Kier alpha value is -3.54. The van der Waals surface area contributed by atoms with Crippen LogP contribution in [0, 0.1) is 11.3 Å². The molecule has 9 heteroatoms. The highest BCUT2D eigenvalue weighted by Gasteiger charge is 2.36. The van der Waals surface area contributed by atoms with E-state index in [0.717, 1.165) is 12.0 Å². The van der Waals surface area contributed by atoms with Gasteiger partial charge in [0.15, 0.2) is 0 Å². The van der Waals surface area contributed by atoms with E-state index in [9.17, 15) is 19.2 Å². The van der Waals surface area contributed by atoms with Crippen LogP contribution in [-0.4, -0.2) is 40.1 Å². The van der Waals surface area contributed by atoms with Crippen molar-refractivity contribution in [3.05, 3.63) is 53.3 Å². The van der Waals surface area contributed by atoms with E-state index in [-0.39, 0.29) is 18.6 Å². The summed E-state index contributed by atoms with van der Waals surface area (Å²) in [4.78, 5) is 30.9. The van der Waals surface area contributed by atoms with E-state index in [2.05, 4.69) is 16.4 Å². The first-order valence-corrected chi connectivity index (χ1v) is 10.5. The number of likely N-dealkylation sites (tertiary alicyclic amines) is 1. The van der Waals surface area contributed by atoms with Crippen LogP contribution in [0.1, 0.15) is 51.9 Å². The molecule has 0 radical (unpaired) electrons. The summed E-state index contributed by atoms with van der Waals surface area (Å²) in [5, 5.41) is 12.3. The van der Waals surface area contributed by atoms with Crippen LogP contribution in [0.3, 0.4) is 0 Å². The second-order valence-electron chi connectivity index (χ2n) is 8.71. The van der Waals surface area contributed by atoms with Gasteiger partial charge in [0.2, 0.25) is 5.91 Å². The van der Waals surface area contributed by atoms with Crippen LogP contribution in [0.4, 0.5) is 13.9 Å². The number of carbonyl (C=O) groups excluding carboxylic acids is 2. The molecule has 0 saturated carbocycles. The molecule has 0 aliphatic carbocycles. The lowest BCUT2D eigenvalue weighted by atomic mass is 10.00. The number of carbonyl (C=O) groups is 2. The molecule has 3 rings (SSSR count). The molecule has 0 unspecified atom stereocenters. The number of nitrogens with one attached hydrogen (secondary N) is 1. The Bertz CT molecular complexity index is 1040. The maximum absolute atomic E-state index is 12.8. The van der Waals surface area contributed by atoms with Gasteiger partial charge in [-0.05, 0) is 50.8 Å². The van der Waals surface area contributed by atoms with E-state index in [1.54, 1.807) is 51.1 Å². The van der Waals surface area contributed by atoms with Crippen LogP contribution in [0.25, 0.3) is 11.1 Å². The number of aromatic nitrogens is 1. The molecule has 2 heterocycles. The lowest BCUT2D eigenvalue weighted by Gasteiger charge is -2.28. The molecule has 0 spiro atoms. The van der Waals surface area contributed by atoms with E-state index < -0.39 is 24.4 Å². The minimum atomic E-state index is -0.633. The van der Waals surface area contributed by atoms with Gasteiger partial charge >= 0.3 is 6.09 Å². The zero-order valence-electron chi connectivity index (χ0n) is 18.9. The summed E-state index contributed by atoms with van der Waals surface area (Å²) < 4.78 is 18.2. The fourth-order valence-electron chi connectivity index (χ4n) is 3.57. The highest BCUT2D eigenvalue weighted by Crippen LogP contribution is 2.25. The van der Waals surface area contributed by atoms with Gasteiger partial charge in [0, 0.05) is 19.7 Å². The first kappa shape index (κ1) is 25.7. The van der Waals surface area contributed by atoms with Gasteiger partial charge in [-0.25, -0.2) is 9.18 Å². The van der Waals surface area contributed by atoms with Crippen molar-refractivity contribution in [3.63, 3.8) is 0 Å². The molecule has 1 saturated heterocycles. The molecule has 1 aromatic heterocycles. The molecule has 1 atom stereocenters. The molecule has 1 aromatic carbocycles. The summed E-state index contributed by atoms with van der Waals surface area (Å²) in [5.41, 5.74) is 2.31. The Kier molecular flexibility index (Phi) is 8.46. The largest absolute Gasteiger partial charge is 0.444 e. The smallest absolute Gasteiger partial charge is 0.410 e. The molecule has 2 amide bonds. The van der Waals surface area contributed by atoms with Crippen LogP contribution < -0.4 is 5.32 Å². The van der Waals surface area contributed by atoms with Gasteiger partial charge in [0.05, 0.1) is 17.8 Å². The standard InChI is InChI=1S/C24H27FN4O3.FH.H2/c1-24(2,3)32-23(31)29-10-4-5-21(29)22(30)28-15-19-11-20(18(13-26)14-27-19)17-8-6-16(12-25)7-9-17;;/h6-9,11,14,21H,4-5,10,12,15H2,1-3H3,(H,28,30);2*1H/t21-;;/m0../s1. The van der Waals surface area contributed by atoms with E-state index in [4.69, 9.17) is 4.74 Å². The predicted molar refractivity (Wildman–Crippen MR) is 122 cm³/mol.